The number of benzene rings is 1. The smallest absolute Gasteiger partial charge is 0.0258 e. The maximum atomic E-state index is 4.52. The Labute approximate surface area is 134 Å². The SMILES string of the molecule is C=C(c1ccc(S)c(C)c1C)C1C(=C)C(C)C2CC2C1=C. The van der Waals surface area contributed by atoms with Crippen molar-refractivity contribution in [1.29, 1.82) is 0 Å². The summed E-state index contributed by atoms with van der Waals surface area (Å²) in [4.78, 5) is 1.04. The van der Waals surface area contributed by atoms with E-state index in [2.05, 4.69) is 65.3 Å². The fourth-order valence-electron chi connectivity index (χ4n) is 3.94. The molecule has 2 fully saturated rings. The zero-order valence-corrected chi connectivity index (χ0v) is 14.1. The Morgan fingerprint density at radius 2 is 1.81 bits per heavy atom. The molecule has 0 aliphatic heterocycles. The lowest BCUT2D eigenvalue weighted by Gasteiger charge is -2.33. The van der Waals surface area contributed by atoms with Gasteiger partial charge in [-0.2, -0.15) is 0 Å². The Morgan fingerprint density at radius 1 is 1.14 bits per heavy atom. The topological polar surface area (TPSA) is 0 Å². The van der Waals surface area contributed by atoms with E-state index in [1.165, 1.54) is 34.3 Å². The van der Waals surface area contributed by atoms with E-state index in [1.54, 1.807) is 0 Å². The van der Waals surface area contributed by atoms with Gasteiger partial charge in [-0.1, -0.05) is 43.9 Å². The number of allylic oxidation sites excluding steroid dienone is 3. The van der Waals surface area contributed by atoms with E-state index in [9.17, 15) is 0 Å². The van der Waals surface area contributed by atoms with Crippen LogP contribution in [-0.2, 0) is 0 Å². The molecule has 0 spiro atoms. The summed E-state index contributed by atoms with van der Waals surface area (Å²) in [6, 6.07) is 4.22. The maximum absolute atomic E-state index is 4.52. The Morgan fingerprint density at radius 3 is 2.48 bits per heavy atom. The lowest BCUT2D eigenvalue weighted by Crippen LogP contribution is -2.22. The summed E-state index contributed by atoms with van der Waals surface area (Å²) >= 11 is 4.52. The van der Waals surface area contributed by atoms with Crippen LogP contribution in [0.25, 0.3) is 5.57 Å². The van der Waals surface area contributed by atoms with Crippen LogP contribution in [0.2, 0.25) is 0 Å². The van der Waals surface area contributed by atoms with Gasteiger partial charge in [-0.25, -0.2) is 0 Å². The largest absolute Gasteiger partial charge is 0.143 e. The van der Waals surface area contributed by atoms with E-state index in [0.29, 0.717) is 11.8 Å². The third kappa shape index (κ3) is 2.14. The van der Waals surface area contributed by atoms with E-state index in [-0.39, 0.29) is 5.92 Å². The first-order chi connectivity index (χ1) is 9.84. The first-order valence-corrected chi connectivity index (χ1v) is 8.15. The Kier molecular flexibility index (Phi) is 3.44. The fourth-order valence-corrected chi connectivity index (χ4v) is 4.18. The van der Waals surface area contributed by atoms with Crippen LogP contribution < -0.4 is 0 Å². The monoisotopic (exact) mass is 296 g/mol. The molecule has 0 nitrogen and oxygen atoms in total. The summed E-state index contributed by atoms with van der Waals surface area (Å²) in [5, 5.41) is 0. The number of hydrogen-bond acceptors (Lipinski definition) is 1. The van der Waals surface area contributed by atoms with Gasteiger partial charge in [0.2, 0.25) is 0 Å². The van der Waals surface area contributed by atoms with Gasteiger partial charge >= 0.3 is 0 Å². The van der Waals surface area contributed by atoms with Crippen LogP contribution >= 0.6 is 12.6 Å². The van der Waals surface area contributed by atoms with Crippen molar-refractivity contribution in [2.45, 2.75) is 32.1 Å². The average molecular weight is 296 g/mol. The van der Waals surface area contributed by atoms with Gasteiger partial charge in [-0.15, -0.1) is 12.6 Å². The molecule has 0 aromatic heterocycles. The van der Waals surface area contributed by atoms with Crippen molar-refractivity contribution in [1.82, 2.24) is 0 Å². The van der Waals surface area contributed by atoms with Crippen molar-refractivity contribution >= 4 is 18.2 Å². The summed E-state index contributed by atoms with van der Waals surface area (Å²) in [6.07, 6.45) is 1.29. The highest BCUT2D eigenvalue weighted by Gasteiger charge is 2.51. The molecule has 0 bridgehead atoms. The molecular formula is C20H24S. The highest BCUT2D eigenvalue weighted by atomic mass is 32.1. The molecule has 1 heteroatoms. The summed E-state index contributed by atoms with van der Waals surface area (Å²) in [6.45, 7) is 19.8. The van der Waals surface area contributed by atoms with Gasteiger partial charge in [0.05, 0.1) is 0 Å². The minimum Gasteiger partial charge on any atom is -0.143 e. The molecule has 2 aliphatic carbocycles. The van der Waals surface area contributed by atoms with E-state index < -0.39 is 0 Å². The van der Waals surface area contributed by atoms with E-state index in [4.69, 9.17) is 0 Å². The zero-order valence-electron chi connectivity index (χ0n) is 13.2. The first-order valence-electron chi connectivity index (χ1n) is 7.70. The quantitative estimate of drug-likeness (QED) is 0.531. The van der Waals surface area contributed by atoms with Gasteiger partial charge in [0, 0.05) is 10.8 Å². The van der Waals surface area contributed by atoms with Crippen LogP contribution in [0.15, 0.2) is 47.9 Å². The Hall–Kier alpha value is -1.21. The van der Waals surface area contributed by atoms with Gasteiger partial charge in [0.15, 0.2) is 0 Å². The lowest BCUT2D eigenvalue weighted by molar-refractivity contribution is 0.486. The van der Waals surface area contributed by atoms with E-state index in [0.717, 1.165) is 16.4 Å². The summed E-state index contributed by atoms with van der Waals surface area (Å²) in [5.74, 6) is 2.31. The van der Waals surface area contributed by atoms with Crippen molar-refractivity contribution < 1.29 is 0 Å². The molecule has 4 unspecified atom stereocenters. The van der Waals surface area contributed by atoms with Crippen LogP contribution in [0, 0.1) is 37.5 Å². The fraction of sp³-hybridized carbons (Fsp3) is 0.400. The second-order valence-corrected chi connectivity index (χ2v) is 7.27. The van der Waals surface area contributed by atoms with E-state index in [1.807, 2.05) is 0 Å². The number of rotatable bonds is 2. The molecule has 2 saturated carbocycles. The van der Waals surface area contributed by atoms with Crippen LogP contribution in [0.1, 0.15) is 30.0 Å². The molecule has 110 valence electrons. The standard InChI is InChI=1S/C20H24S/c1-10-12(3)19(21)8-7-16(10)14(5)20-13(4)11(2)17-9-18(17)15(20)6/h7-8,11,17-18,20-21H,4-6,9H2,1-3H3. The molecule has 0 heterocycles. The normalized spacial score (nSPS) is 31.0. The number of fused-ring (bicyclic) bond motifs is 1. The summed E-state index contributed by atoms with van der Waals surface area (Å²) in [7, 11) is 0. The molecule has 2 aliphatic rings. The van der Waals surface area contributed by atoms with Crippen molar-refractivity contribution in [2.24, 2.45) is 23.7 Å². The van der Waals surface area contributed by atoms with Crippen LogP contribution in [0.4, 0.5) is 0 Å². The summed E-state index contributed by atoms with van der Waals surface area (Å²) in [5.41, 5.74) is 7.55. The predicted octanol–water partition coefficient (Wildman–Crippen LogP) is 5.62. The Balaban J connectivity index is 2.00. The molecule has 1 aromatic rings. The highest BCUT2D eigenvalue weighted by molar-refractivity contribution is 7.80. The van der Waals surface area contributed by atoms with Crippen LogP contribution in [0.5, 0.6) is 0 Å². The second-order valence-electron chi connectivity index (χ2n) is 6.79. The molecule has 0 saturated heterocycles. The number of thiol groups is 1. The molecule has 0 amide bonds. The minimum atomic E-state index is 0.243. The molecule has 21 heavy (non-hydrogen) atoms. The first kappa shape index (κ1) is 14.7. The van der Waals surface area contributed by atoms with Gasteiger partial charge in [0.1, 0.15) is 0 Å². The van der Waals surface area contributed by atoms with Gasteiger partial charge < -0.3 is 0 Å². The average Bonchev–Trinajstić information content (AvgIpc) is 3.23. The molecular weight excluding hydrogens is 272 g/mol. The third-order valence-electron chi connectivity index (χ3n) is 5.74. The van der Waals surface area contributed by atoms with E-state index >= 15 is 0 Å². The molecule has 3 rings (SSSR count). The number of hydrogen-bond donors (Lipinski definition) is 1. The molecule has 4 atom stereocenters. The minimum absolute atomic E-state index is 0.243. The van der Waals surface area contributed by atoms with Gasteiger partial charge in [0.25, 0.3) is 0 Å². The van der Waals surface area contributed by atoms with Crippen molar-refractivity contribution in [3.05, 3.63) is 59.7 Å². The summed E-state index contributed by atoms with van der Waals surface area (Å²) < 4.78 is 0. The lowest BCUT2D eigenvalue weighted by atomic mass is 9.71. The van der Waals surface area contributed by atoms with Crippen molar-refractivity contribution in [2.75, 3.05) is 0 Å². The van der Waals surface area contributed by atoms with Crippen LogP contribution in [-0.4, -0.2) is 0 Å². The van der Waals surface area contributed by atoms with Crippen molar-refractivity contribution in [3.8, 4) is 0 Å². The van der Waals surface area contributed by atoms with Crippen LogP contribution in [0.3, 0.4) is 0 Å². The predicted molar refractivity (Wildman–Crippen MR) is 94.7 cm³/mol. The molecule has 0 N–H and O–H groups in total. The highest BCUT2D eigenvalue weighted by Crippen LogP contribution is 2.60. The zero-order chi connectivity index (χ0) is 15.5. The van der Waals surface area contributed by atoms with Gasteiger partial charge in [-0.3, -0.25) is 0 Å². The third-order valence-corrected chi connectivity index (χ3v) is 6.22. The van der Waals surface area contributed by atoms with Gasteiger partial charge in [-0.05, 0) is 66.4 Å². The molecule has 0 radical (unpaired) electrons. The molecule has 1 aromatic carbocycles. The van der Waals surface area contributed by atoms with Crippen molar-refractivity contribution in [3.63, 3.8) is 0 Å². The second kappa shape index (κ2) is 4.91. The Bertz CT molecular complexity index is 665. The maximum Gasteiger partial charge on any atom is 0.0258 e.